The Kier molecular flexibility index (Phi) is 5.52. The van der Waals surface area contributed by atoms with Gasteiger partial charge < -0.3 is 14.4 Å². The van der Waals surface area contributed by atoms with E-state index in [4.69, 9.17) is 9.47 Å². The van der Waals surface area contributed by atoms with Gasteiger partial charge in [0.25, 0.3) is 0 Å². The molecule has 0 aliphatic carbocycles. The second-order valence-electron chi connectivity index (χ2n) is 6.69. The van der Waals surface area contributed by atoms with Crippen LogP contribution in [0.1, 0.15) is 24.5 Å². The molecule has 26 heavy (non-hydrogen) atoms. The van der Waals surface area contributed by atoms with Crippen molar-refractivity contribution in [3.8, 4) is 0 Å². The molecule has 4 nitrogen and oxygen atoms in total. The Morgan fingerprint density at radius 2 is 1.42 bits per heavy atom. The largest absolute Gasteiger partial charge is 0.482 e. The Balaban J connectivity index is 2.08. The van der Waals surface area contributed by atoms with E-state index in [1.165, 1.54) is 11.1 Å². The van der Waals surface area contributed by atoms with E-state index < -0.39 is 0 Å². The zero-order chi connectivity index (χ0) is 18.7. The monoisotopic (exact) mass is 352 g/mol. The van der Waals surface area contributed by atoms with Crippen molar-refractivity contribution >= 4 is 11.4 Å². The van der Waals surface area contributed by atoms with Crippen LogP contribution >= 0.6 is 0 Å². The van der Waals surface area contributed by atoms with Crippen molar-refractivity contribution in [2.45, 2.75) is 33.4 Å². The smallest absolute Gasteiger partial charge is 0.198 e. The molecule has 0 amide bonds. The molecule has 1 heterocycles. The van der Waals surface area contributed by atoms with Crippen molar-refractivity contribution in [1.29, 1.82) is 0 Å². The van der Waals surface area contributed by atoms with Crippen molar-refractivity contribution in [1.82, 2.24) is 0 Å². The standard InChI is InChI=1S/C22H28N2O2/c1-6-20-21(25-4)23(18-11-7-16(2)8-12-18)15-24(22(20)26-5)19-13-9-17(3)10-14-19/h7-14,21H,6,15H2,1-5H3. The summed E-state index contributed by atoms with van der Waals surface area (Å²) in [6, 6.07) is 17.1. The summed E-state index contributed by atoms with van der Waals surface area (Å²) >= 11 is 0. The molecule has 0 bridgehead atoms. The number of hydrogen-bond acceptors (Lipinski definition) is 4. The van der Waals surface area contributed by atoms with Gasteiger partial charge in [-0.25, -0.2) is 0 Å². The van der Waals surface area contributed by atoms with E-state index >= 15 is 0 Å². The molecular weight excluding hydrogens is 324 g/mol. The molecule has 0 saturated carbocycles. The molecule has 0 aromatic heterocycles. The molecule has 3 rings (SSSR count). The minimum absolute atomic E-state index is 0.139. The minimum Gasteiger partial charge on any atom is -0.482 e. The van der Waals surface area contributed by atoms with Crippen LogP contribution in [0.3, 0.4) is 0 Å². The van der Waals surface area contributed by atoms with Gasteiger partial charge in [-0.15, -0.1) is 0 Å². The highest BCUT2D eigenvalue weighted by molar-refractivity contribution is 5.60. The summed E-state index contributed by atoms with van der Waals surface area (Å²) in [5.74, 6) is 0.881. The minimum atomic E-state index is -0.139. The summed E-state index contributed by atoms with van der Waals surface area (Å²) in [5.41, 5.74) is 5.89. The molecule has 138 valence electrons. The van der Waals surface area contributed by atoms with E-state index in [1.54, 1.807) is 14.2 Å². The van der Waals surface area contributed by atoms with Gasteiger partial charge in [0.2, 0.25) is 0 Å². The lowest BCUT2D eigenvalue weighted by molar-refractivity contribution is 0.108. The third kappa shape index (κ3) is 3.42. The van der Waals surface area contributed by atoms with E-state index in [1.807, 2.05) is 0 Å². The third-order valence-electron chi connectivity index (χ3n) is 4.90. The van der Waals surface area contributed by atoms with Crippen LogP contribution in [0.4, 0.5) is 11.4 Å². The third-order valence-corrected chi connectivity index (χ3v) is 4.90. The van der Waals surface area contributed by atoms with Gasteiger partial charge in [0.1, 0.15) is 6.67 Å². The van der Waals surface area contributed by atoms with Gasteiger partial charge in [-0.3, -0.25) is 4.90 Å². The maximum absolute atomic E-state index is 5.89. The van der Waals surface area contributed by atoms with Crippen molar-refractivity contribution in [3.63, 3.8) is 0 Å². The van der Waals surface area contributed by atoms with Gasteiger partial charge in [-0.2, -0.15) is 0 Å². The number of methoxy groups -OCH3 is 2. The number of nitrogens with zero attached hydrogens (tertiary/aromatic N) is 2. The van der Waals surface area contributed by atoms with E-state index in [-0.39, 0.29) is 6.23 Å². The molecule has 1 aliphatic rings. The summed E-state index contributed by atoms with van der Waals surface area (Å²) in [7, 11) is 3.50. The lowest BCUT2D eigenvalue weighted by Crippen LogP contribution is -2.51. The SMILES string of the molecule is CCC1=C(OC)N(c2ccc(C)cc2)CN(c2ccc(C)cc2)C1OC. The summed E-state index contributed by atoms with van der Waals surface area (Å²) in [4.78, 5) is 4.49. The van der Waals surface area contributed by atoms with Gasteiger partial charge in [0.05, 0.1) is 7.11 Å². The second kappa shape index (κ2) is 7.83. The molecular formula is C22H28N2O2. The van der Waals surface area contributed by atoms with E-state index in [0.29, 0.717) is 6.67 Å². The molecule has 0 N–H and O–H groups in total. The quantitative estimate of drug-likeness (QED) is 0.770. The first-order valence-electron chi connectivity index (χ1n) is 9.06. The average Bonchev–Trinajstić information content (AvgIpc) is 2.67. The van der Waals surface area contributed by atoms with Gasteiger partial charge >= 0.3 is 0 Å². The number of hydrogen-bond donors (Lipinski definition) is 0. The van der Waals surface area contributed by atoms with Gasteiger partial charge in [0, 0.05) is 24.1 Å². The molecule has 1 aliphatic heterocycles. The lowest BCUT2D eigenvalue weighted by atomic mass is 10.1. The van der Waals surface area contributed by atoms with Gasteiger partial charge in [-0.05, 0) is 44.5 Å². The average molecular weight is 352 g/mol. The molecule has 2 aromatic rings. The van der Waals surface area contributed by atoms with Gasteiger partial charge in [-0.1, -0.05) is 42.3 Å². The Morgan fingerprint density at radius 1 is 0.885 bits per heavy atom. The molecule has 4 heteroatoms. The Labute approximate surface area is 156 Å². The summed E-state index contributed by atoms with van der Waals surface area (Å²) in [5, 5.41) is 0. The van der Waals surface area contributed by atoms with Crippen LogP contribution in [0.15, 0.2) is 60.0 Å². The normalized spacial score (nSPS) is 17.7. The molecule has 1 unspecified atom stereocenters. The van der Waals surface area contributed by atoms with Crippen LogP contribution in [0.2, 0.25) is 0 Å². The van der Waals surface area contributed by atoms with E-state index in [2.05, 4.69) is 79.1 Å². The zero-order valence-corrected chi connectivity index (χ0v) is 16.3. The summed E-state index contributed by atoms with van der Waals surface area (Å²) < 4.78 is 11.7. The topological polar surface area (TPSA) is 24.9 Å². The highest BCUT2D eigenvalue weighted by Crippen LogP contribution is 2.34. The van der Waals surface area contributed by atoms with Crippen molar-refractivity contribution in [2.75, 3.05) is 30.7 Å². The van der Waals surface area contributed by atoms with Crippen molar-refractivity contribution in [3.05, 3.63) is 71.1 Å². The van der Waals surface area contributed by atoms with Crippen LogP contribution in [-0.2, 0) is 9.47 Å². The zero-order valence-electron chi connectivity index (χ0n) is 16.3. The second-order valence-corrected chi connectivity index (χ2v) is 6.69. The van der Waals surface area contributed by atoms with Gasteiger partial charge in [0.15, 0.2) is 12.1 Å². The van der Waals surface area contributed by atoms with Crippen LogP contribution in [0.5, 0.6) is 0 Å². The predicted octanol–water partition coefficient (Wildman–Crippen LogP) is 4.83. The molecule has 0 radical (unpaired) electrons. The maximum Gasteiger partial charge on any atom is 0.198 e. The maximum atomic E-state index is 5.89. The first-order valence-corrected chi connectivity index (χ1v) is 9.06. The molecule has 0 saturated heterocycles. The van der Waals surface area contributed by atoms with Crippen LogP contribution in [0, 0.1) is 13.8 Å². The number of aryl methyl sites for hydroxylation is 2. The van der Waals surface area contributed by atoms with Crippen molar-refractivity contribution < 1.29 is 9.47 Å². The molecule has 0 spiro atoms. The number of ether oxygens (including phenoxy) is 2. The summed E-state index contributed by atoms with van der Waals surface area (Å²) in [6.07, 6.45) is 0.714. The Hall–Kier alpha value is -2.46. The van der Waals surface area contributed by atoms with E-state index in [9.17, 15) is 0 Å². The summed E-state index contributed by atoms with van der Waals surface area (Å²) in [6.45, 7) is 7.01. The van der Waals surface area contributed by atoms with Crippen LogP contribution in [-0.4, -0.2) is 27.1 Å². The van der Waals surface area contributed by atoms with Crippen LogP contribution < -0.4 is 9.80 Å². The fraction of sp³-hybridized carbons (Fsp3) is 0.364. The first-order chi connectivity index (χ1) is 12.6. The molecule has 1 atom stereocenters. The fourth-order valence-corrected chi connectivity index (χ4v) is 3.47. The molecule has 0 fully saturated rings. The fourth-order valence-electron chi connectivity index (χ4n) is 3.47. The lowest BCUT2D eigenvalue weighted by Gasteiger charge is -2.44. The number of anilines is 2. The van der Waals surface area contributed by atoms with E-state index in [0.717, 1.165) is 29.3 Å². The Morgan fingerprint density at radius 3 is 1.88 bits per heavy atom. The number of benzene rings is 2. The van der Waals surface area contributed by atoms with Crippen LogP contribution in [0.25, 0.3) is 0 Å². The molecule has 2 aromatic carbocycles. The predicted molar refractivity (Wildman–Crippen MR) is 107 cm³/mol. The highest BCUT2D eigenvalue weighted by Gasteiger charge is 2.34. The van der Waals surface area contributed by atoms with Crippen molar-refractivity contribution in [2.24, 2.45) is 0 Å². The first kappa shape index (κ1) is 18.3. The Bertz CT molecular complexity index is 766. The number of rotatable bonds is 5. The highest BCUT2D eigenvalue weighted by atomic mass is 16.5.